The molecule has 0 saturated heterocycles. The first-order valence-electron chi connectivity index (χ1n) is 6.30. The second-order valence-corrected chi connectivity index (χ2v) is 4.47. The fraction of sp³-hybridized carbons (Fsp3) is 0.0714. The molecule has 2 aromatic carbocycles. The van der Waals surface area contributed by atoms with Gasteiger partial charge in [-0.3, -0.25) is 0 Å². The van der Waals surface area contributed by atoms with Crippen molar-refractivity contribution in [2.75, 3.05) is 5.32 Å². The van der Waals surface area contributed by atoms with Gasteiger partial charge in [-0.15, -0.1) is 5.10 Å². The largest absolute Gasteiger partial charge is 0.508 e. The summed E-state index contributed by atoms with van der Waals surface area (Å²) in [5.74, 6) is 0.106. The molecule has 0 aliphatic carbocycles. The van der Waals surface area contributed by atoms with Crippen LogP contribution in [0.5, 0.6) is 11.5 Å². The molecule has 1 heterocycles. The normalized spacial score (nSPS) is 10.5. The molecule has 0 bridgehead atoms. The molecule has 0 aliphatic heterocycles. The zero-order valence-electron chi connectivity index (χ0n) is 11.0. The molecular weight excluding hydrogens is 270 g/mol. The van der Waals surface area contributed by atoms with E-state index in [1.54, 1.807) is 10.7 Å². The Labute approximate surface area is 120 Å². The van der Waals surface area contributed by atoms with Crippen LogP contribution in [0.25, 0.3) is 5.69 Å². The van der Waals surface area contributed by atoms with E-state index < -0.39 is 0 Å². The van der Waals surface area contributed by atoms with Crippen LogP contribution in [0.2, 0.25) is 0 Å². The van der Waals surface area contributed by atoms with Gasteiger partial charge in [0.05, 0.1) is 5.69 Å². The highest BCUT2D eigenvalue weighted by Crippen LogP contribution is 2.23. The molecular formula is C14H13N5O2. The van der Waals surface area contributed by atoms with Crippen LogP contribution in [0.1, 0.15) is 5.56 Å². The van der Waals surface area contributed by atoms with Crippen molar-refractivity contribution in [3.63, 3.8) is 0 Å². The average Bonchev–Trinajstić information content (AvgIpc) is 3.01. The molecule has 21 heavy (non-hydrogen) atoms. The van der Waals surface area contributed by atoms with E-state index in [0.717, 1.165) is 11.4 Å². The van der Waals surface area contributed by atoms with Crippen LogP contribution >= 0.6 is 0 Å². The molecule has 0 unspecified atom stereocenters. The van der Waals surface area contributed by atoms with Gasteiger partial charge in [0.2, 0.25) is 0 Å². The highest BCUT2D eigenvalue weighted by Gasteiger charge is 2.03. The Bertz CT molecular complexity index is 726. The van der Waals surface area contributed by atoms with Gasteiger partial charge in [-0.25, -0.2) is 4.68 Å². The minimum absolute atomic E-state index is 0.0436. The van der Waals surface area contributed by atoms with Crippen molar-refractivity contribution in [3.05, 3.63) is 54.4 Å². The molecule has 106 valence electrons. The third-order valence-electron chi connectivity index (χ3n) is 3.03. The van der Waals surface area contributed by atoms with Gasteiger partial charge in [-0.2, -0.15) is 0 Å². The number of phenolic OH excluding ortho intramolecular Hbond substituents is 2. The highest BCUT2D eigenvalue weighted by atomic mass is 16.3. The molecule has 0 spiro atoms. The lowest BCUT2D eigenvalue weighted by atomic mass is 10.2. The van der Waals surface area contributed by atoms with E-state index in [9.17, 15) is 10.2 Å². The highest BCUT2D eigenvalue weighted by molar-refractivity contribution is 5.50. The number of nitrogens with zero attached hydrogens (tertiary/aromatic N) is 4. The summed E-state index contributed by atoms with van der Waals surface area (Å²) in [6.45, 7) is 0.455. The van der Waals surface area contributed by atoms with Crippen molar-refractivity contribution >= 4 is 5.69 Å². The summed E-state index contributed by atoms with van der Waals surface area (Å²) in [6, 6.07) is 12.1. The van der Waals surface area contributed by atoms with Crippen molar-refractivity contribution < 1.29 is 10.2 Å². The van der Waals surface area contributed by atoms with E-state index >= 15 is 0 Å². The molecule has 0 radical (unpaired) electrons. The molecule has 3 N–H and O–H groups in total. The molecule has 3 rings (SSSR count). The lowest BCUT2D eigenvalue weighted by molar-refractivity contribution is 0.446. The van der Waals surface area contributed by atoms with Gasteiger partial charge in [0.1, 0.15) is 17.8 Å². The predicted octanol–water partition coefficient (Wildman–Crippen LogP) is 1.69. The maximum absolute atomic E-state index is 9.71. The Kier molecular flexibility index (Phi) is 3.38. The van der Waals surface area contributed by atoms with Crippen LogP contribution in [-0.4, -0.2) is 30.4 Å². The first-order valence-corrected chi connectivity index (χ1v) is 6.30. The van der Waals surface area contributed by atoms with Crippen molar-refractivity contribution in [3.8, 4) is 17.2 Å². The quantitative estimate of drug-likeness (QED) is 0.674. The number of phenols is 2. The average molecular weight is 283 g/mol. The van der Waals surface area contributed by atoms with Crippen LogP contribution in [0, 0.1) is 0 Å². The van der Waals surface area contributed by atoms with Crippen LogP contribution in [-0.2, 0) is 6.54 Å². The van der Waals surface area contributed by atoms with Gasteiger partial charge < -0.3 is 15.5 Å². The summed E-state index contributed by atoms with van der Waals surface area (Å²) < 4.78 is 1.57. The van der Waals surface area contributed by atoms with Crippen molar-refractivity contribution in [2.24, 2.45) is 0 Å². The van der Waals surface area contributed by atoms with E-state index in [0.29, 0.717) is 12.1 Å². The van der Waals surface area contributed by atoms with E-state index in [1.807, 2.05) is 24.3 Å². The number of hydrogen-bond donors (Lipinski definition) is 3. The van der Waals surface area contributed by atoms with Gasteiger partial charge in [-0.1, -0.05) is 0 Å². The van der Waals surface area contributed by atoms with Crippen molar-refractivity contribution in [1.82, 2.24) is 20.2 Å². The summed E-state index contributed by atoms with van der Waals surface area (Å²) in [6.07, 6.45) is 1.52. The van der Waals surface area contributed by atoms with Crippen LogP contribution < -0.4 is 5.32 Å². The molecule has 0 fully saturated rings. The molecule has 0 amide bonds. The minimum atomic E-state index is 0.0436. The zero-order valence-corrected chi connectivity index (χ0v) is 11.0. The second kappa shape index (κ2) is 5.49. The van der Waals surface area contributed by atoms with E-state index in [2.05, 4.69) is 20.8 Å². The number of hydrogen-bond acceptors (Lipinski definition) is 6. The number of benzene rings is 2. The van der Waals surface area contributed by atoms with Crippen molar-refractivity contribution in [1.29, 1.82) is 0 Å². The molecule has 0 saturated carbocycles. The van der Waals surface area contributed by atoms with E-state index in [4.69, 9.17) is 0 Å². The van der Waals surface area contributed by atoms with Crippen LogP contribution in [0.15, 0.2) is 48.8 Å². The number of tetrazole rings is 1. The van der Waals surface area contributed by atoms with Crippen LogP contribution in [0.3, 0.4) is 0 Å². The summed E-state index contributed by atoms with van der Waals surface area (Å²) in [7, 11) is 0. The molecule has 7 nitrogen and oxygen atoms in total. The summed E-state index contributed by atoms with van der Waals surface area (Å²) in [5.41, 5.74) is 2.47. The van der Waals surface area contributed by atoms with Gasteiger partial charge >= 0.3 is 0 Å². The Morgan fingerprint density at radius 2 is 1.86 bits per heavy atom. The minimum Gasteiger partial charge on any atom is -0.508 e. The Morgan fingerprint density at radius 1 is 1.05 bits per heavy atom. The van der Waals surface area contributed by atoms with E-state index in [1.165, 1.54) is 18.5 Å². The predicted molar refractivity (Wildman–Crippen MR) is 76.3 cm³/mol. The third-order valence-corrected chi connectivity index (χ3v) is 3.03. The number of aromatic nitrogens is 4. The van der Waals surface area contributed by atoms with Gasteiger partial charge in [-0.05, 0) is 46.8 Å². The number of nitrogens with one attached hydrogen (secondary N) is 1. The first-order chi connectivity index (χ1) is 10.2. The van der Waals surface area contributed by atoms with Gasteiger partial charge in [0, 0.05) is 23.9 Å². The second-order valence-electron chi connectivity index (χ2n) is 4.47. The molecule has 3 aromatic rings. The number of anilines is 1. The number of rotatable bonds is 4. The van der Waals surface area contributed by atoms with Crippen molar-refractivity contribution in [2.45, 2.75) is 6.54 Å². The fourth-order valence-electron chi connectivity index (χ4n) is 1.91. The fourth-order valence-corrected chi connectivity index (χ4v) is 1.91. The Balaban J connectivity index is 1.68. The third kappa shape index (κ3) is 2.92. The summed E-state index contributed by atoms with van der Waals surface area (Å²) >= 11 is 0. The first kappa shape index (κ1) is 12.9. The Hall–Kier alpha value is -3.09. The standard InChI is InChI=1S/C14H13N5O2/c20-13-6-1-10(14(21)7-13)8-15-11-2-4-12(5-3-11)19-9-16-17-18-19/h1-7,9,15,20-21H,8H2. The van der Waals surface area contributed by atoms with Crippen LogP contribution in [0.4, 0.5) is 5.69 Å². The molecule has 0 atom stereocenters. The smallest absolute Gasteiger partial charge is 0.143 e. The Morgan fingerprint density at radius 3 is 2.52 bits per heavy atom. The summed E-state index contributed by atoms with van der Waals surface area (Å²) in [5, 5.41) is 33.1. The van der Waals surface area contributed by atoms with E-state index in [-0.39, 0.29) is 11.5 Å². The molecule has 7 heteroatoms. The maximum Gasteiger partial charge on any atom is 0.143 e. The molecule has 0 aliphatic rings. The lowest BCUT2D eigenvalue weighted by Crippen LogP contribution is -2.00. The SMILES string of the molecule is Oc1ccc(CNc2ccc(-n3cnnn3)cc2)c(O)c1. The molecule has 1 aromatic heterocycles. The topological polar surface area (TPSA) is 96.1 Å². The monoisotopic (exact) mass is 283 g/mol. The number of aromatic hydroxyl groups is 2. The maximum atomic E-state index is 9.71. The van der Waals surface area contributed by atoms with Gasteiger partial charge in [0.15, 0.2) is 0 Å². The lowest BCUT2D eigenvalue weighted by Gasteiger charge is -2.09. The zero-order chi connectivity index (χ0) is 14.7. The summed E-state index contributed by atoms with van der Waals surface area (Å²) in [4.78, 5) is 0. The van der Waals surface area contributed by atoms with Gasteiger partial charge in [0.25, 0.3) is 0 Å².